The minimum absolute atomic E-state index is 0.0142. The van der Waals surface area contributed by atoms with E-state index in [0.29, 0.717) is 5.69 Å². The number of aliphatic carboxylic acids is 1. The van der Waals surface area contributed by atoms with E-state index < -0.39 is 12.3 Å². The molecule has 2 atom stereocenters. The first-order chi connectivity index (χ1) is 12.2. The van der Waals surface area contributed by atoms with E-state index >= 15 is 0 Å². The van der Waals surface area contributed by atoms with Crippen molar-refractivity contribution in [1.29, 1.82) is 0 Å². The standard InChI is InChI=1S/C18H18F3NO4/c19-18(20,21)26-14-5-3-13(4-6-14)22-15(23)9-11-1-2-12(10-16(24)25)17(11)7-8-17/h1-6,11-12H,7-10H2,(H,22,23)(H,24,25). The van der Waals surface area contributed by atoms with Crippen LogP contribution >= 0.6 is 0 Å². The molecule has 3 rings (SSSR count). The van der Waals surface area contributed by atoms with Crippen LogP contribution in [-0.4, -0.2) is 23.3 Å². The number of carboxylic acids is 1. The molecule has 1 spiro atoms. The Bertz CT molecular complexity index is 723. The first kappa shape index (κ1) is 18.3. The molecule has 140 valence electrons. The molecule has 0 aliphatic heterocycles. The summed E-state index contributed by atoms with van der Waals surface area (Å²) in [6.07, 6.45) is 1.13. The van der Waals surface area contributed by atoms with E-state index in [1.165, 1.54) is 12.1 Å². The highest BCUT2D eigenvalue weighted by Gasteiger charge is 2.56. The topological polar surface area (TPSA) is 75.6 Å². The molecule has 1 amide bonds. The summed E-state index contributed by atoms with van der Waals surface area (Å²) in [4.78, 5) is 23.2. The SMILES string of the molecule is O=C(O)CC1C=CC(CC(=O)Nc2ccc(OC(F)(F)F)cc2)C12CC2. The van der Waals surface area contributed by atoms with Gasteiger partial charge in [-0.25, -0.2) is 0 Å². The number of carboxylic acid groups (broad SMARTS) is 1. The Morgan fingerprint density at radius 3 is 2.19 bits per heavy atom. The number of rotatable bonds is 6. The number of nitrogens with one attached hydrogen (secondary N) is 1. The highest BCUT2D eigenvalue weighted by molar-refractivity contribution is 5.91. The molecule has 5 nitrogen and oxygen atoms in total. The average molecular weight is 369 g/mol. The Morgan fingerprint density at radius 1 is 1.12 bits per heavy atom. The number of amides is 1. The van der Waals surface area contributed by atoms with E-state index in [0.717, 1.165) is 25.0 Å². The second-order valence-electron chi connectivity index (χ2n) is 6.75. The third kappa shape index (κ3) is 4.17. The number of benzene rings is 1. The van der Waals surface area contributed by atoms with Gasteiger partial charge in [-0.15, -0.1) is 13.2 Å². The summed E-state index contributed by atoms with van der Waals surface area (Å²) < 4.78 is 40.2. The molecule has 0 bridgehead atoms. The van der Waals surface area contributed by atoms with Crippen LogP contribution in [0.4, 0.5) is 18.9 Å². The van der Waals surface area contributed by atoms with Crippen molar-refractivity contribution in [2.24, 2.45) is 17.3 Å². The molecule has 2 aliphatic rings. The van der Waals surface area contributed by atoms with Crippen molar-refractivity contribution in [3.8, 4) is 5.75 Å². The molecular formula is C18H18F3NO4. The zero-order valence-electron chi connectivity index (χ0n) is 13.8. The van der Waals surface area contributed by atoms with E-state index in [1.807, 2.05) is 12.2 Å². The minimum atomic E-state index is -4.76. The van der Waals surface area contributed by atoms with Crippen molar-refractivity contribution < 1.29 is 32.6 Å². The first-order valence-electron chi connectivity index (χ1n) is 8.24. The zero-order chi connectivity index (χ0) is 18.9. The lowest BCUT2D eigenvalue weighted by Crippen LogP contribution is -2.24. The lowest BCUT2D eigenvalue weighted by atomic mass is 9.81. The monoisotopic (exact) mass is 369 g/mol. The Hall–Kier alpha value is -2.51. The number of hydrogen-bond donors (Lipinski definition) is 2. The van der Waals surface area contributed by atoms with Crippen LogP contribution in [0.3, 0.4) is 0 Å². The predicted octanol–water partition coefficient (Wildman–Crippen LogP) is 3.97. The number of anilines is 1. The fourth-order valence-corrected chi connectivity index (χ4v) is 3.69. The van der Waals surface area contributed by atoms with Crippen LogP contribution in [0.2, 0.25) is 0 Å². The molecule has 0 aromatic heterocycles. The van der Waals surface area contributed by atoms with Crippen molar-refractivity contribution in [1.82, 2.24) is 0 Å². The number of hydrogen-bond acceptors (Lipinski definition) is 3. The van der Waals surface area contributed by atoms with Crippen LogP contribution in [0.25, 0.3) is 0 Å². The van der Waals surface area contributed by atoms with Crippen molar-refractivity contribution >= 4 is 17.6 Å². The maximum Gasteiger partial charge on any atom is 0.573 e. The van der Waals surface area contributed by atoms with Gasteiger partial charge in [-0.1, -0.05) is 12.2 Å². The fraction of sp³-hybridized carbons (Fsp3) is 0.444. The van der Waals surface area contributed by atoms with Crippen LogP contribution in [0.5, 0.6) is 5.75 Å². The molecule has 2 N–H and O–H groups in total. The van der Waals surface area contributed by atoms with Gasteiger partial charge >= 0.3 is 12.3 Å². The van der Waals surface area contributed by atoms with Crippen LogP contribution in [0.15, 0.2) is 36.4 Å². The van der Waals surface area contributed by atoms with Crippen molar-refractivity contribution in [3.05, 3.63) is 36.4 Å². The van der Waals surface area contributed by atoms with Crippen LogP contribution < -0.4 is 10.1 Å². The number of carbonyl (C=O) groups is 2. The second-order valence-corrected chi connectivity index (χ2v) is 6.75. The van der Waals surface area contributed by atoms with Gasteiger partial charge in [0.25, 0.3) is 0 Å². The van der Waals surface area contributed by atoms with Gasteiger partial charge in [-0.05, 0) is 54.4 Å². The van der Waals surface area contributed by atoms with Crippen molar-refractivity contribution in [2.45, 2.75) is 32.0 Å². The molecule has 0 radical (unpaired) electrons. The quantitative estimate of drug-likeness (QED) is 0.744. The molecule has 0 saturated heterocycles. The highest BCUT2D eigenvalue weighted by Crippen LogP contribution is 2.63. The molecule has 2 unspecified atom stereocenters. The Kier molecular flexibility index (Phi) is 4.68. The molecule has 1 aromatic carbocycles. The van der Waals surface area contributed by atoms with E-state index in [9.17, 15) is 22.8 Å². The molecule has 26 heavy (non-hydrogen) atoms. The Morgan fingerprint density at radius 2 is 1.69 bits per heavy atom. The summed E-state index contributed by atoms with van der Waals surface area (Å²) in [5, 5.41) is 11.7. The Labute approximate surface area is 147 Å². The second kappa shape index (κ2) is 6.66. The van der Waals surface area contributed by atoms with E-state index in [1.54, 1.807) is 0 Å². The molecule has 8 heteroatoms. The summed E-state index contributed by atoms with van der Waals surface area (Å²) in [7, 11) is 0. The summed E-state index contributed by atoms with van der Waals surface area (Å²) in [5.41, 5.74) is 0.249. The van der Waals surface area contributed by atoms with Gasteiger partial charge in [-0.3, -0.25) is 9.59 Å². The van der Waals surface area contributed by atoms with Gasteiger partial charge in [0.2, 0.25) is 5.91 Å². The van der Waals surface area contributed by atoms with Gasteiger partial charge in [0.15, 0.2) is 0 Å². The third-order valence-corrected chi connectivity index (χ3v) is 5.05. The molecular weight excluding hydrogens is 351 g/mol. The van der Waals surface area contributed by atoms with E-state index in [-0.39, 0.29) is 41.7 Å². The molecule has 1 aromatic rings. The first-order valence-corrected chi connectivity index (χ1v) is 8.24. The smallest absolute Gasteiger partial charge is 0.481 e. The predicted molar refractivity (Wildman–Crippen MR) is 86.4 cm³/mol. The maximum absolute atomic E-state index is 12.3. The number of allylic oxidation sites excluding steroid dienone is 2. The average Bonchev–Trinajstić information content (AvgIpc) is 3.25. The number of ether oxygens (including phenoxy) is 1. The molecule has 1 saturated carbocycles. The van der Waals surface area contributed by atoms with Gasteiger partial charge in [0.1, 0.15) is 5.75 Å². The minimum Gasteiger partial charge on any atom is -0.481 e. The molecule has 2 aliphatic carbocycles. The summed E-state index contributed by atoms with van der Waals surface area (Å²) in [5.74, 6) is -1.53. The van der Waals surface area contributed by atoms with Crippen molar-refractivity contribution in [2.75, 3.05) is 5.32 Å². The van der Waals surface area contributed by atoms with E-state index in [2.05, 4.69) is 10.1 Å². The maximum atomic E-state index is 12.3. The van der Waals surface area contributed by atoms with Gasteiger partial charge < -0.3 is 15.2 Å². The van der Waals surface area contributed by atoms with Crippen LogP contribution in [-0.2, 0) is 9.59 Å². The van der Waals surface area contributed by atoms with Gasteiger partial charge in [0.05, 0.1) is 6.42 Å². The lowest BCUT2D eigenvalue weighted by Gasteiger charge is -2.23. The fourth-order valence-electron chi connectivity index (χ4n) is 3.69. The Balaban J connectivity index is 1.55. The van der Waals surface area contributed by atoms with E-state index in [4.69, 9.17) is 5.11 Å². The normalized spacial score (nSPS) is 23.0. The highest BCUT2D eigenvalue weighted by atomic mass is 19.4. The van der Waals surface area contributed by atoms with Crippen LogP contribution in [0, 0.1) is 17.3 Å². The number of halogens is 3. The third-order valence-electron chi connectivity index (χ3n) is 5.05. The largest absolute Gasteiger partial charge is 0.573 e. The summed E-state index contributed by atoms with van der Waals surface area (Å²) >= 11 is 0. The molecule has 1 fully saturated rings. The zero-order valence-corrected chi connectivity index (χ0v) is 13.8. The lowest BCUT2D eigenvalue weighted by molar-refractivity contribution is -0.274. The summed E-state index contributed by atoms with van der Waals surface area (Å²) in [6, 6.07) is 4.93. The number of carbonyl (C=O) groups excluding carboxylic acids is 1. The number of alkyl halides is 3. The molecule has 0 heterocycles. The van der Waals surface area contributed by atoms with Gasteiger partial charge in [0, 0.05) is 12.1 Å². The van der Waals surface area contributed by atoms with Gasteiger partial charge in [-0.2, -0.15) is 0 Å². The summed E-state index contributed by atoms with van der Waals surface area (Å²) in [6.45, 7) is 0. The van der Waals surface area contributed by atoms with Crippen LogP contribution in [0.1, 0.15) is 25.7 Å². The van der Waals surface area contributed by atoms with Crippen molar-refractivity contribution in [3.63, 3.8) is 0 Å².